The molecule has 0 radical (unpaired) electrons. The molecule has 31 heavy (non-hydrogen) atoms. The highest BCUT2D eigenvalue weighted by Gasteiger charge is 2.29. The normalized spacial score (nSPS) is 15.6. The number of aromatic nitrogens is 1. The number of sulfonamides is 1. The number of anilines is 1. The molecule has 0 saturated heterocycles. The van der Waals surface area contributed by atoms with Crippen molar-refractivity contribution in [3.8, 4) is 5.69 Å². The lowest BCUT2D eigenvalue weighted by atomic mass is 10.1. The van der Waals surface area contributed by atoms with Crippen LogP contribution in [0, 0.1) is 13.8 Å². The van der Waals surface area contributed by atoms with Crippen molar-refractivity contribution in [3.05, 3.63) is 83.2 Å². The van der Waals surface area contributed by atoms with Crippen LogP contribution in [0.3, 0.4) is 0 Å². The number of carbonyl (C=O) groups is 1. The van der Waals surface area contributed by atoms with E-state index in [9.17, 15) is 13.2 Å². The molecule has 2 heterocycles. The van der Waals surface area contributed by atoms with Gasteiger partial charge in [-0.25, -0.2) is 13.6 Å². The molecule has 0 unspecified atom stereocenters. The summed E-state index contributed by atoms with van der Waals surface area (Å²) in [5.74, 6) is -0.175. The van der Waals surface area contributed by atoms with Crippen molar-refractivity contribution >= 4 is 33.4 Å². The van der Waals surface area contributed by atoms with Crippen molar-refractivity contribution in [1.82, 2.24) is 4.57 Å². The molecule has 4 rings (SSSR count). The summed E-state index contributed by atoms with van der Waals surface area (Å²) in [4.78, 5) is 13.1. The number of aryl methyl sites for hydroxylation is 1. The summed E-state index contributed by atoms with van der Waals surface area (Å²) in [5.41, 5.74) is 5.47. The maximum atomic E-state index is 13.0. The highest BCUT2D eigenvalue weighted by atomic mass is 32.2. The number of primary sulfonamides is 1. The molecule has 0 saturated carbocycles. The Labute approximate surface area is 181 Å². The Bertz CT molecular complexity index is 1340. The van der Waals surface area contributed by atoms with E-state index in [-0.39, 0.29) is 10.8 Å². The first kappa shape index (κ1) is 20.8. The van der Waals surface area contributed by atoms with Gasteiger partial charge >= 0.3 is 0 Å². The van der Waals surface area contributed by atoms with E-state index < -0.39 is 10.0 Å². The fourth-order valence-corrected chi connectivity index (χ4v) is 4.22. The van der Waals surface area contributed by atoms with Gasteiger partial charge in [0.2, 0.25) is 10.0 Å². The van der Waals surface area contributed by atoms with Gasteiger partial charge < -0.3 is 4.57 Å². The lowest BCUT2D eigenvalue weighted by Crippen LogP contribution is -2.21. The van der Waals surface area contributed by atoms with Gasteiger partial charge in [0.25, 0.3) is 5.91 Å². The zero-order valence-corrected chi connectivity index (χ0v) is 18.2. The average Bonchev–Trinajstić information content (AvgIpc) is 3.18. The lowest BCUT2D eigenvalue weighted by molar-refractivity contribution is -0.114. The summed E-state index contributed by atoms with van der Waals surface area (Å²) in [6.45, 7) is 5.72. The van der Waals surface area contributed by atoms with E-state index in [4.69, 9.17) is 5.14 Å². The summed E-state index contributed by atoms with van der Waals surface area (Å²) in [6.07, 6.45) is 1.85. The van der Waals surface area contributed by atoms with Crippen molar-refractivity contribution in [2.75, 3.05) is 5.01 Å². The summed E-state index contributed by atoms with van der Waals surface area (Å²) in [7, 11) is -3.75. The number of benzene rings is 2. The van der Waals surface area contributed by atoms with Crippen LogP contribution in [0.15, 0.2) is 76.2 Å². The molecule has 1 amide bonds. The van der Waals surface area contributed by atoms with Crippen molar-refractivity contribution < 1.29 is 13.2 Å². The minimum atomic E-state index is -3.75. The smallest absolute Gasteiger partial charge is 0.280 e. The quantitative estimate of drug-likeness (QED) is 0.636. The molecular weight excluding hydrogens is 412 g/mol. The largest absolute Gasteiger partial charge is 0.318 e. The van der Waals surface area contributed by atoms with Crippen molar-refractivity contribution in [3.63, 3.8) is 0 Å². The highest BCUT2D eigenvalue weighted by molar-refractivity contribution is 7.89. The summed E-state index contributed by atoms with van der Waals surface area (Å²) < 4.78 is 25.0. The molecule has 2 aromatic carbocycles. The van der Waals surface area contributed by atoms with Gasteiger partial charge in [-0.15, -0.1) is 0 Å². The van der Waals surface area contributed by atoms with Crippen LogP contribution >= 0.6 is 0 Å². The van der Waals surface area contributed by atoms with E-state index in [0.29, 0.717) is 11.3 Å². The van der Waals surface area contributed by atoms with Gasteiger partial charge in [-0.1, -0.05) is 18.2 Å². The van der Waals surface area contributed by atoms with Crippen molar-refractivity contribution in [2.45, 2.75) is 25.7 Å². The van der Waals surface area contributed by atoms with Gasteiger partial charge in [0.1, 0.15) is 0 Å². The number of para-hydroxylation sites is 1. The molecule has 1 aromatic heterocycles. The molecule has 1 aliphatic heterocycles. The summed E-state index contributed by atoms with van der Waals surface area (Å²) >= 11 is 0. The maximum absolute atomic E-state index is 13.0. The molecule has 8 heteroatoms. The Kier molecular flexibility index (Phi) is 5.12. The van der Waals surface area contributed by atoms with Crippen molar-refractivity contribution in [1.29, 1.82) is 0 Å². The Morgan fingerprint density at radius 2 is 1.58 bits per heavy atom. The second-order valence-electron chi connectivity index (χ2n) is 7.40. The molecule has 2 N–H and O–H groups in total. The zero-order chi connectivity index (χ0) is 22.3. The van der Waals surface area contributed by atoms with Crippen LogP contribution in [-0.4, -0.2) is 24.6 Å². The van der Waals surface area contributed by atoms with Gasteiger partial charge in [-0.3, -0.25) is 4.79 Å². The molecule has 3 aromatic rings. The summed E-state index contributed by atoms with van der Waals surface area (Å²) in [5, 5.41) is 11.0. The molecule has 0 bridgehead atoms. The summed E-state index contributed by atoms with van der Waals surface area (Å²) in [6, 6.07) is 17.7. The third-order valence-electron chi connectivity index (χ3n) is 5.26. The molecular formula is C23H22N4O3S. The van der Waals surface area contributed by atoms with Crippen LogP contribution in [0.4, 0.5) is 5.69 Å². The van der Waals surface area contributed by atoms with E-state index in [1.807, 2.05) is 67.8 Å². The predicted molar refractivity (Wildman–Crippen MR) is 122 cm³/mol. The third kappa shape index (κ3) is 3.83. The third-order valence-corrected chi connectivity index (χ3v) is 6.19. The first-order valence-electron chi connectivity index (χ1n) is 9.66. The topological polar surface area (TPSA) is 97.8 Å². The average molecular weight is 435 g/mol. The van der Waals surface area contributed by atoms with Crippen LogP contribution in [0.1, 0.15) is 23.9 Å². The Balaban J connectivity index is 1.70. The SMILES string of the molecule is CC1=NN(c2ccccc2)C(=O)C1=Cc1cc(C)n(-c2ccc(S(N)(=O)=O)cc2)c1C. The van der Waals surface area contributed by atoms with Crippen LogP contribution in [0.5, 0.6) is 0 Å². The second kappa shape index (κ2) is 7.64. The predicted octanol–water partition coefficient (Wildman–Crippen LogP) is 3.55. The fourth-order valence-electron chi connectivity index (χ4n) is 3.70. The fraction of sp³-hybridized carbons (Fsp3) is 0.130. The minimum absolute atomic E-state index is 0.0606. The number of amides is 1. The van der Waals surface area contributed by atoms with E-state index in [1.54, 1.807) is 12.1 Å². The van der Waals surface area contributed by atoms with Gasteiger partial charge in [0, 0.05) is 17.1 Å². The number of rotatable bonds is 4. The van der Waals surface area contributed by atoms with Crippen LogP contribution < -0.4 is 10.1 Å². The number of carbonyl (C=O) groups excluding carboxylic acids is 1. The van der Waals surface area contributed by atoms with Crippen LogP contribution in [-0.2, 0) is 14.8 Å². The Hall–Kier alpha value is -3.49. The first-order chi connectivity index (χ1) is 14.7. The van der Waals surface area contributed by atoms with Crippen molar-refractivity contribution in [2.24, 2.45) is 10.2 Å². The van der Waals surface area contributed by atoms with Gasteiger partial charge in [-0.05, 0) is 74.9 Å². The zero-order valence-electron chi connectivity index (χ0n) is 17.4. The van der Waals surface area contributed by atoms with Crippen LogP contribution in [0.25, 0.3) is 11.8 Å². The molecule has 0 atom stereocenters. The number of hydrogen-bond acceptors (Lipinski definition) is 4. The number of nitrogens with two attached hydrogens (primary N) is 1. The Morgan fingerprint density at radius 1 is 0.935 bits per heavy atom. The maximum Gasteiger partial charge on any atom is 0.280 e. The monoisotopic (exact) mass is 434 g/mol. The highest BCUT2D eigenvalue weighted by Crippen LogP contribution is 2.28. The molecule has 0 fully saturated rings. The molecule has 0 spiro atoms. The number of hydrogen-bond donors (Lipinski definition) is 1. The van der Waals surface area contributed by atoms with Crippen LogP contribution in [0.2, 0.25) is 0 Å². The van der Waals surface area contributed by atoms with E-state index in [2.05, 4.69) is 5.10 Å². The van der Waals surface area contributed by atoms with Gasteiger partial charge in [0.05, 0.1) is 21.9 Å². The minimum Gasteiger partial charge on any atom is -0.318 e. The second-order valence-corrected chi connectivity index (χ2v) is 8.96. The first-order valence-corrected chi connectivity index (χ1v) is 11.2. The lowest BCUT2D eigenvalue weighted by Gasteiger charge is -2.11. The van der Waals surface area contributed by atoms with E-state index in [1.165, 1.54) is 17.1 Å². The number of nitrogens with zero attached hydrogens (tertiary/aromatic N) is 3. The number of hydrazone groups is 1. The Morgan fingerprint density at radius 3 is 2.19 bits per heavy atom. The standard InChI is InChI=1S/C23H22N4O3S/c1-15-13-18(17(3)26(15)19-9-11-21(12-10-19)31(24,29)30)14-22-16(2)25-27(23(22)28)20-7-5-4-6-8-20/h4-14H,1-3H3,(H2,24,29,30). The molecule has 1 aliphatic rings. The van der Waals surface area contributed by atoms with E-state index in [0.717, 1.165) is 28.3 Å². The molecule has 158 valence electrons. The van der Waals surface area contributed by atoms with E-state index >= 15 is 0 Å². The molecule has 7 nitrogen and oxygen atoms in total. The van der Waals surface area contributed by atoms with Gasteiger partial charge in [-0.2, -0.15) is 10.1 Å². The van der Waals surface area contributed by atoms with Gasteiger partial charge in [0.15, 0.2) is 0 Å². The molecule has 0 aliphatic carbocycles.